The topological polar surface area (TPSA) is 78.9 Å². The van der Waals surface area contributed by atoms with Gasteiger partial charge in [0.25, 0.3) is 5.91 Å². The van der Waals surface area contributed by atoms with E-state index in [1.165, 1.54) is 0 Å². The minimum absolute atomic E-state index is 0.256. The summed E-state index contributed by atoms with van der Waals surface area (Å²) in [4.78, 5) is 12.2. The lowest BCUT2D eigenvalue weighted by Crippen LogP contribution is -2.13. The van der Waals surface area contributed by atoms with Gasteiger partial charge in [0.05, 0.1) is 11.6 Å². The summed E-state index contributed by atoms with van der Waals surface area (Å²) in [5, 5.41) is 11.7. The molecule has 0 aliphatic heterocycles. The number of nitrogen functional groups attached to an aromatic ring is 1. The zero-order valence-electron chi connectivity index (χ0n) is 11.4. The molecule has 4 nitrogen and oxygen atoms in total. The van der Waals surface area contributed by atoms with Crippen LogP contribution in [0.3, 0.4) is 0 Å². The molecule has 20 heavy (non-hydrogen) atoms. The van der Waals surface area contributed by atoms with Crippen LogP contribution in [0, 0.1) is 25.2 Å². The first-order valence-corrected chi connectivity index (χ1v) is 6.19. The molecule has 0 fully saturated rings. The largest absolute Gasteiger partial charge is 0.398 e. The molecular formula is C16H15N3O. The van der Waals surface area contributed by atoms with E-state index in [-0.39, 0.29) is 5.91 Å². The Labute approximate surface area is 117 Å². The van der Waals surface area contributed by atoms with Crippen molar-refractivity contribution in [1.29, 1.82) is 5.26 Å². The highest BCUT2D eigenvalue weighted by atomic mass is 16.1. The molecule has 100 valence electrons. The van der Waals surface area contributed by atoms with Gasteiger partial charge in [0.2, 0.25) is 0 Å². The van der Waals surface area contributed by atoms with Gasteiger partial charge in [0.15, 0.2) is 0 Å². The molecule has 0 unspecified atom stereocenters. The molecule has 2 aromatic rings. The number of amides is 1. The number of nitriles is 1. The lowest BCUT2D eigenvalue weighted by Gasteiger charge is -2.11. The van der Waals surface area contributed by atoms with E-state index in [1.54, 1.807) is 30.3 Å². The highest BCUT2D eigenvalue weighted by molar-refractivity contribution is 6.05. The molecule has 0 aromatic heterocycles. The van der Waals surface area contributed by atoms with Crippen LogP contribution < -0.4 is 11.1 Å². The van der Waals surface area contributed by atoms with E-state index in [9.17, 15) is 4.79 Å². The van der Waals surface area contributed by atoms with Crippen molar-refractivity contribution in [2.75, 3.05) is 11.1 Å². The second-order valence-corrected chi connectivity index (χ2v) is 4.67. The molecule has 0 spiro atoms. The second-order valence-electron chi connectivity index (χ2n) is 4.67. The number of nitrogens with one attached hydrogen (secondary N) is 1. The quantitative estimate of drug-likeness (QED) is 0.819. The van der Waals surface area contributed by atoms with E-state index < -0.39 is 0 Å². The Morgan fingerprint density at radius 2 is 1.95 bits per heavy atom. The zero-order valence-corrected chi connectivity index (χ0v) is 11.4. The predicted molar refractivity (Wildman–Crippen MR) is 79.4 cm³/mol. The number of benzene rings is 2. The smallest absolute Gasteiger partial charge is 0.255 e. The minimum atomic E-state index is -0.256. The molecule has 0 saturated heterocycles. The SMILES string of the molecule is Cc1cc(C)c(NC(=O)c2cccc(C#N)c2)cc1N. The highest BCUT2D eigenvalue weighted by Crippen LogP contribution is 2.22. The molecule has 0 aliphatic carbocycles. The van der Waals surface area contributed by atoms with Crippen molar-refractivity contribution in [3.05, 3.63) is 58.7 Å². The van der Waals surface area contributed by atoms with Crippen LogP contribution in [0.1, 0.15) is 27.0 Å². The summed E-state index contributed by atoms with van der Waals surface area (Å²) in [5.41, 5.74) is 10.00. The molecular weight excluding hydrogens is 250 g/mol. The van der Waals surface area contributed by atoms with Crippen molar-refractivity contribution in [3.8, 4) is 6.07 Å². The fraction of sp³-hybridized carbons (Fsp3) is 0.125. The molecule has 1 amide bonds. The number of nitrogens with zero attached hydrogens (tertiary/aromatic N) is 1. The predicted octanol–water partition coefficient (Wildman–Crippen LogP) is 3.01. The van der Waals surface area contributed by atoms with E-state index in [4.69, 9.17) is 11.0 Å². The van der Waals surface area contributed by atoms with Crippen molar-refractivity contribution >= 4 is 17.3 Å². The van der Waals surface area contributed by atoms with Crippen LogP contribution in [0.5, 0.6) is 0 Å². The van der Waals surface area contributed by atoms with Gasteiger partial charge in [-0.3, -0.25) is 4.79 Å². The molecule has 0 bridgehead atoms. The Balaban J connectivity index is 2.28. The molecule has 0 atom stereocenters. The zero-order chi connectivity index (χ0) is 14.7. The monoisotopic (exact) mass is 265 g/mol. The number of nitrogens with two attached hydrogens (primary N) is 1. The summed E-state index contributed by atoms with van der Waals surface area (Å²) >= 11 is 0. The lowest BCUT2D eigenvalue weighted by molar-refractivity contribution is 0.102. The molecule has 0 radical (unpaired) electrons. The lowest BCUT2D eigenvalue weighted by atomic mass is 10.1. The number of rotatable bonds is 2. The molecule has 2 aromatic carbocycles. The number of carbonyl (C=O) groups is 1. The Morgan fingerprint density at radius 3 is 2.65 bits per heavy atom. The van der Waals surface area contributed by atoms with Crippen LogP contribution in [-0.2, 0) is 0 Å². The van der Waals surface area contributed by atoms with Gasteiger partial charge in [-0.15, -0.1) is 0 Å². The Morgan fingerprint density at radius 1 is 1.20 bits per heavy atom. The summed E-state index contributed by atoms with van der Waals surface area (Å²) in [5.74, 6) is -0.256. The molecule has 3 N–H and O–H groups in total. The second kappa shape index (κ2) is 5.45. The van der Waals surface area contributed by atoms with E-state index >= 15 is 0 Å². The summed E-state index contributed by atoms with van der Waals surface area (Å²) in [7, 11) is 0. The Bertz CT molecular complexity index is 714. The van der Waals surface area contributed by atoms with Gasteiger partial charge in [-0.25, -0.2) is 0 Å². The van der Waals surface area contributed by atoms with Gasteiger partial charge in [-0.2, -0.15) is 5.26 Å². The fourth-order valence-electron chi connectivity index (χ4n) is 1.93. The van der Waals surface area contributed by atoms with E-state index in [2.05, 4.69) is 5.32 Å². The normalized spacial score (nSPS) is 9.85. The number of anilines is 2. The van der Waals surface area contributed by atoms with Crippen LogP contribution in [0.15, 0.2) is 36.4 Å². The maximum absolute atomic E-state index is 12.2. The van der Waals surface area contributed by atoms with Gasteiger partial charge in [-0.05, 0) is 49.2 Å². The fourth-order valence-corrected chi connectivity index (χ4v) is 1.93. The number of aryl methyl sites for hydroxylation is 2. The van der Waals surface area contributed by atoms with Crippen molar-refractivity contribution in [2.45, 2.75) is 13.8 Å². The van der Waals surface area contributed by atoms with Gasteiger partial charge >= 0.3 is 0 Å². The molecule has 0 saturated carbocycles. The third-order valence-corrected chi connectivity index (χ3v) is 3.12. The average Bonchev–Trinajstić information content (AvgIpc) is 2.44. The van der Waals surface area contributed by atoms with Crippen molar-refractivity contribution < 1.29 is 4.79 Å². The van der Waals surface area contributed by atoms with E-state index in [0.29, 0.717) is 22.5 Å². The van der Waals surface area contributed by atoms with Gasteiger partial charge < -0.3 is 11.1 Å². The standard InChI is InChI=1S/C16H15N3O/c1-10-6-11(2)15(8-14(10)18)19-16(20)13-5-3-4-12(7-13)9-17/h3-8H,18H2,1-2H3,(H,19,20). The maximum Gasteiger partial charge on any atom is 0.255 e. The summed E-state index contributed by atoms with van der Waals surface area (Å²) < 4.78 is 0. The molecule has 2 rings (SSSR count). The highest BCUT2D eigenvalue weighted by Gasteiger charge is 2.09. The Hall–Kier alpha value is -2.80. The van der Waals surface area contributed by atoms with Crippen molar-refractivity contribution in [1.82, 2.24) is 0 Å². The van der Waals surface area contributed by atoms with Crippen LogP contribution >= 0.6 is 0 Å². The van der Waals surface area contributed by atoms with Gasteiger partial charge in [0.1, 0.15) is 0 Å². The Kier molecular flexibility index (Phi) is 3.72. The number of carbonyl (C=O) groups excluding carboxylic acids is 1. The van der Waals surface area contributed by atoms with Gasteiger partial charge in [0, 0.05) is 16.9 Å². The molecule has 0 heterocycles. The molecule has 0 aliphatic rings. The van der Waals surface area contributed by atoms with E-state index in [0.717, 1.165) is 11.1 Å². The number of hydrogen-bond donors (Lipinski definition) is 2. The van der Waals surface area contributed by atoms with Crippen LogP contribution in [0.4, 0.5) is 11.4 Å². The van der Waals surface area contributed by atoms with E-state index in [1.807, 2.05) is 26.0 Å². The minimum Gasteiger partial charge on any atom is -0.398 e. The first kappa shape index (κ1) is 13.6. The summed E-state index contributed by atoms with van der Waals surface area (Å²) in [6.45, 7) is 3.83. The van der Waals surface area contributed by atoms with Crippen LogP contribution in [0.25, 0.3) is 0 Å². The molecule has 4 heteroatoms. The summed E-state index contributed by atoms with van der Waals surface area (Å²) in [6, 6.07) is 12.3. The number of hydrogen-bond acceptors (Lipinski definition) is 3. The average molecular weight is 265 g/mol. The van der Waals surface area contributed by atoms with Gasteiger partial charge in [-0.1, -0.05) is 12.1 Å². The first-order valence-electron chi connectivity index (χ1n) is 6.19. The summed E-state index contributed by atoms with van der Waals surface area (Å²) in [6.07, 6.45) is 0. The van der Waals surface area contributed by atoms with Crippen LogP contribution in [-0.4, -0.2) is 5.91 Å². The van der Waals surface area contributed by atoms with Crippen molar-refractivity contribution in [2.24, 2.45) is 0 Å². The third kappa shape index (κ3) is 2.78. The third-order valence-electron chi connectivity index (χ3n) is 3.12. The first-order chi connectivity index (χ1) is 9.51. The van der Waals surface area contributed by atoms with Crippen molar-refractivity contribution in [3.63, 3.8) is 0 Å². The maximum atomic E-state index is 12.2. The van der Waals surface area contributed by atoms with Crippen LogP contribution in [0.2, 0.25) is 0 Å².